The first-order valence-electron chi connectivity index (χ1n) is 6.82. The molecule has 106 valence electrons. The van der Waals surface area contributed by atoms with Crippen LogP contribution < -0.4 is 5.32 Å². The molecule has 0 heterocycles. The Morgan fingerprint density at radius 1 is 1.16 bits per heavy atom. The molecule has 0 saturated heterocycles. The van der Waals surface area contributed by atoms with Crippen LogP contribution in [0.5, 0.6) is 0 Å². The van der Waals surface area contributed by atoms with E-state index in [-0.39, 0.29) is 0 Å². The molecule has 1 aromatic carbocycles. The molecule has 19 heavy (non-hydrogen) atoms. The summed E-state index contributed by atoms with van der Waals surface area (Å²) in [4.78, 5) is 0. The average molecular weight is 271 g/mol. The highest BCUT2D eigenvalue weighted by Crippen LogP contribution is 2.48. The molecule has 0 aliphatic heterocycles. The van der Waals surface area contributed by atoms with E-state index < -0.39 is 11.7 Å². The number of rotatable bonds is 6. The molecule has 0 radical (unpaired) electrons. The Bertz CT molecular complexity index is 404. The topological polar surface area (TPSA) is 12.0 Å². The van der Waals surface area contributed by atoms with Gasteiger partial charge in [0.1, 0.15) is 0 Å². The largest absolute Gasteiger partial charge is 0.416 e. The lowest BCUT2D eigenvalue weighted by Crippen LogP contribution is -2.23. The average Bonchev–Trinajstić information content (AvgIpc) is 3.09. The molecule has 4 heteroatoms. The predicted octanol–water partition coefficient (Wildman–Crippen LogP) is 4.38. The fourth-order valence-electron chi connectivity index (χ4n) is 2.51. The van der Waals surface area contributed by atoms with Crippen molar-refractivity contribution in [3.63, 3.8) is 0 Å². The van der Waals surface area contributed by atoms with E-state index >= 15 is 0 Å². The normalized spacial score (nSPS) is 17.5. The van der Waals surface area contributed by atoms with Gasteiger partial charge in [-0.05, 0) is 42.4 Å². The standard InChI is InChI=1S/C15H20F3N/c1-2-7-14(8-9-14)11-19-10-12-3-5-13(6-4-12)15(16,17)18/h3-6,19H,2,7-11H2,1H3. The summed E-state index contributed by atoms with van der Waals surface area (Å²) < 4.78 is 37.2. The first-order valence-corrected chi connectivity index (χ1v) is 6.82. The van der Waals surface area contributed by atoms with Gasteiger partial charge in [-0.25, -0.2) is 0 Å². The van der Waals surface area contributed by atoms with Crippen LogP contribution in [0.2, 0.25) is 0 Å². The number of benzene rings is 1. The van der Waals surface area contributed by atoms with Crippen molar-refractivity contribution in [3.05, 3.63) is 35.4 Å². The Hall–Kier alpha value is -1.03. The van der Waals surface area contributed by atoms with Gasteiger partial charge >= 0.3 is 6.18 Å². The molecule has 1 saturated carbocycles. The summed E-state index contributed by atoms with van der Waals surface area (Å²) in [5, 5.41) is 3.37. The second-order valence-electron chi connectivity index (χ2n) is 5.55. The van der Waals surface area contributed by atoms with Crippen molar-refractivity contribution in [2.75, 3.05) is 6.54 Å². The fourth-order valence-corrected chi connectivity index (χ4v) is 2.51. The van der Waals surface area contributed by atoms with Crippen LogP contribution >= 0.6 is 0 Å². The van der Waals surface area contributed by atoms with Gasteiger partial charge in [-0.2, -0.15) is 13.2 Å². The van der Waals surface area contributed by atoms with Crippen molar-refractivity contribution in [2.24, 2.45) is 5.41 Å². The van der Waals surface area contributed by atoms with Crippen LogP contribution in [0.3, 0.4) is 0 Å². The van der Waals surface area contributed by atoms with E-state index in [1.165, 1.54) is 25.7 Å². The first kappa shape index (κ1) is 14.4. The molecule has 0 bridgehead atoms. The third kappa shape index (κ3) is 3.96. The molecule has 1 aliphatic rings. The van der Waals surface area contributed by atoms with Crippen molar-refractivity contribution < 1.29 is 13.2 Å². The number of hydrogen-bond acceptors (Lipinski definition) is 1. The number of halogens is 3. The lowest BCUT2D eigenvalue weighted by molar-refractivity contribution is -0.137. The van der Waals surface area contributed by atoms with E-state index in [0.717, 1.165) is 24.2 Å². The highest BCUT2D eigenvalue weighted by molar-refractivity contribution is 5.24. The minimum atomic E-state index is -4.24. The summed E-state index contributed by atoms with van der Waals surface area (Å²) in [6.07, 6.45) is 0.752. The van der Waals surface area contributed by atoms with E-state index in [1.54, 1.807) is 12.1 Å². The zero-order valence-electron chi connectivity index (χ0n) is 11.2. The molecule has 1 aliphatic carbocycles. The van der Waals surface area contributed by atoms with Gasteiger partial charge in [-0.15, -0.1) is 0 Å². The van der Waals surface area contributed by atoms with Crippen LogP contribution in [0, 0.1) is 5.41 Å². The molecular formula is C15H20F3N. The zero-order chi connectivity index (χ0) is 13.9. The van der Waals surface area contributed by atoms with Gasteiger partial charge in [0, 0.05) is 13.1 Å². The Labute approximate surface area is 112 Å². The minimum Gasteiger partial charge on any atom is -0.312 e. The Kier molecular flexibility index (Phi) is 4.19. The van der Waals surface area contributed by atoms with E-state index in [4.69, 9.17) is 0 Å². The fraction of sp³-hybridized carbons (Fsp3) is 0.600. The second-order valence-corrected chi connectivity index (χ2v) is 5.55. The maximum atomic E-state index is 12.4. The van der Waals surface area contributed by atoms with Crippen molar-refractivity contribution >= 4 is 0 Å². The third-order valence-corrected chi connectivity index (χ3v) is 3.85. The van der Waals surface area contributed by atoms with E-state index in [0.29, 0.717) is 12.0 Å². The van der Waals surface area contributed by atoms with Crippen molar-refractivity contribution in [3.8, 4) is 0 Å². The molecule has 0 atom stereocenters. The lowest BCUT2D eigenvalue weighted by Gasteiger charge is -2.15. The molecule has 1 aromatic rings. The molecule has 1 N–H and O–H groups in total. The van der Waals surface area contributed by atoms with Gasteiger partial charge in [0.25, 0.3) is 0 Å². The van der Waals surface area contributed by atoms with Crippen molar-refractivity contribution in [1.29, 1.82) is 0 Å². The van der Waals surface area contributed by atoms with E-state index in [9.17, 15) is 13.2 Å². The smallest absolute Gasteiger partial charge is 0.312 e. The summed E-state index contributed by atoms with van der Waals surface area (Å²) in [5.74, 6) is 0. The predicted molar refractivity (Wildman–Crippen MR) is 69.7 cm³/mol. The SMILES string of the molecule is CCCC1(CNCc2ccc(C(F)(F)F)cc2)CC1. The highest BCUT2D eigenvalue weighted by atomic mass is 19.4. The Morgan fingerprint density at radius 3 is 2.26 bits per heavy atom. The van der Waals surface area contributed by atoms with Crippen LogP contribution in [0.25, 0.3) is 0 Å². The summed E-state index contributed by atoms with van der Waals surface area (Å²) in [7, 11) is 0. The van der Waals surface area contributed by atoms with Gasteiger partial charge in [0.15, 0.2) is 0 Å². The van der Waals surface area contributed by atoms with Gasteiger partial charge < -0.3 is 5.32 Å². The van der Waals surface area contributed by atoms with Gasteiger partial charge in [-0.3, -0.25) is 0 Å². The van der Waals surface area contributed by atoms with Crippen LogP contribution in [-0.2, 0) is 12.7 Å². The van der Waals surface area contributed by atoms with Gasteiger partial charge in [-0.1, -0.05) is 25.5 Å². The number of alkyl halides is 3. The first-order chi connectivity index (χ1) is 8.95. The Morgan fingerprint density at radius 2 is 1.79 bits per heavy atom. The molecular weight excluding hydrogens is 251 g/mol. The molecule has 0 unspecified atom stereocenters. The van der Waals surface area contributed by atoms with Gasteiger partial charge in [0.2, 0.25) is 0 Å². The summed E-state index contributed by atoms with van der Waals surface area (Å²) in [5.41, 5.74) is 0.793. The molecule has 0 amide bonds. The third-order valence-electron chi connectivity index (χ3n) is 3.85. The molecule has 2 rings (SSSR count). The monoisotopic (exact) mass is 271 g/mol. The van der Waals surface area contributed by atoms with Crippen LogP contribution in [0.1, 0.15) is 43.7 Å². The second kappa shape index (κ2) is 5.53. The lowest BCUT2D eigenvalue weighted by atomic mass is 10.0. The van der Waals surface area contributed by atoms with Crippen molar-refractivity contribution in [1.82, 2.24) is 5.32 Å². The molecule has 1 fully saturated rings. The summed E-state index contributed by atoms with van der Waals surface area (Å²) in [6, 6.07) is 5.40. The summed E-state index contributed by atoms with van der Waals surface area (Å²) in [6.45, 7) is 3.81. The number of hydrogen-bond donors (Lipinski definition) is 1. The zero-order valence-corrected chi connectivity index (χ0v) is 11.2. The molecule has 1 nitrogen and oxygen atoms in total. The maximum absolute atomic E-state index is 12.4. The number of nitrogens with one attached hydrogen (secondary N) is 1. The highest BCUT2D eigenvalue weighted by Gasteiger charge is 2.40. The van der Waals surface area contributed by atoms with Crippen LogP contribution in [-0.4, -0.2) is 6.54 Å². The quantitative estimate of drug-likeness (QED) is 0.810. The van der Waals surface area contributed by atoms with Crippen molar-refractivity contribution in [2.45, 2.75) is 45.3 Å². The van der Waals surface area contributed by atoms with Gasteiger partial charge in [0.05, 0.1) is 5.56 Å². The minimum absolute atomic E-state index is 0.473. The van der Waals surface area contributed by atoms with E-state index in [2.05, 4.69) is 12.2 Å². The molecule has 0 spiro atoms. The Balaban J connectivity index is 1.81. The maximum Gasteiger partial charge on any atom is 0.416 e. The summed E-state index contributed by atoms with van der Waals surface area (Å²) >= 11 is 0. The van der Waals surface area contributed by atoms with E-state index in [1.807, 2.05) is 0 Å². The van der Waals surface area contributed by atoms with Crippen LogP contribution in [0.15, 0.2) is 24.3 Å². The molecule has 0 aromatic heterocycles. The van der Waals surface area contributed by atoms with Crippen LogP contribution in [0.4, 0.5) is 13.2 Å².